The topological polar surface area (TPSA) is 64.3 Å². The van der Waals surface area contributed by atoms with E-state index in [9.17, 15) is 4.79 Å². The van der Waals surface area contributed by atoms with Crippen LogP contribution in [0.2, 0.25) is 0 Å². The molecule has 0 aromatic heterocycles. The predicted octanol–water partition coefficient (Wildman–Crippen LogP) is 1.91. The van der Waals surface area contributed by atoms with E-state index in [1.54, 1.807) is 7.11 Å². The van der Waals surface area contributed by atoms with Crippen LogP contribution < -0.4 is 11.1 Å². The number of rotatable bonds is 8. The number of nitrogens with one attached hydrogen (secondary N) is 1. The van der Waals surface area contributed by atoms with E-state index < -0.39 is 0 Å². The molecule has 2 rings (SSSR count). The van der Waals surface area contributed by atoms with Crippen molar-refractivity contribution in [2.24, 2.45) is 11.7 Å². The number of hydrogen-bond donors (Lipinski definition) is 2. The summed E-state index contributed by atoms with van der Waals surface area (Å²) in [6.45, 7) is 0.372. The summed E-state index contributed by atoms with van der Waals surface area (Å²) in [5.41, 5.74) is 6.82. The van der Waals surface area contributed by atoms with Crippen molar-refractivity contribution in [3.8, 4) is 0 Å². The first-order chi connectivity index (χ1) is 9.72. The summed E-state index contributed by atoms with van der Waals surface area (Å²) < 4.78 is 5.16. The van der Waals surface area contributed by atoms with Gasteiger partial charge in [-0.2, -0.15) is 0 Å². The number of carbonyl (C=O) groups is 1. The number of methoxy groups -OCH3 is 1. The number of carbonyl (C=O) groups excluding carboxylic acids is 1. The molecule has 3 N–H and O–H groups in total. The lowest BCUT2D eigenvalue weighted by Gasteiger charge is -2.20. The molecule has 1 aromatic carbocycles. The van der Waals surface area contributed by atoms with Gasteiger partial charge in [-0.3, -0.25) is 4.79 Å². The molecule has 2 atom stereocenters. The third-order valence-electron chi connectivity index (χ3n) is 3.85. The third kappa shape index (κ3) is 6.04. The Morgan fingerprint density at radius 1 is 1.38 bits per heavy atom. The van der Waals surface area contributed by atoms with Gasteiger partial charge in [-0.15, -0.1) is 12.4 Å². The third-order valence-corrected chi connectivity index (χ3v) is 3.85. The Labute approximate surface area is 132 Å². The molecule has 1 aliphatic rings. The second-order valence-electron chi connectivity index (χ2n) is 5.50. The van der Waals surface area contributed by atoms with Crippen molar-refractivity contribution in [3.05, 3.63) is 35.9 Å². The van der Waals surface area contributed by atoms with Gasteiger partial charge >= 0.3 is 0 Å². The highest BCUT2D eigenvalue weighted by Gasteiger charge is 2.32. The van der Waals surface area contributed by atoms with Crippen LogP contribution in [0.25, 0.3) is 0 Å². The van der Waals surface area contributed by atoms with Gasteiger partial charge in [0.2, 0.25) is 5.91 Å². The van der Waals surface area contributed by atoms with Crippen molar-refractivity contribution in [2.45, 2.75) is 37.8 Å². The van der Waals surface area contributed by atoms with Crippen molar-refractivity contribution in [1.29, 1.82) is 0 Å². The minimum absolute atomic E-state index is 0. The zero-order valence-electron chi connectivity index (χ0n) is 12.5. The maximum absolute atomic E-state index is 12.1. The summed E-state index contributed by atoms with van der Waals surface area (Å²) in [5.74, 6) is 0.660. The summed E-state index contributed by atoms with van der Waals surface area (Å²) in [6, 6.07) is 10.5. The van der Waals surface area contributed by atoms with E-state index in [-0.39, 0.29) is 30.5 Å². The molecule has 0 spiro atoms. The molecule has 118 valence electrons. The molecular formula is C16H25ClN2O2. The first-order valence-corrected chi connectivity index (χ1v) is 7.29. The summed E-state index contributed by atoms with van der Waals surface area (Å²) in [7, 11) is 1.59. The van der Waals surface area contributed by atoms with Gasteiger partial charge in [0.1, 0.15) is 0 Å². The lowest BCUT2D eigenvalue weighted by atomic mass is 10.0. The van der Waals surface area contributed by atoms with Gasteiger partial charge in [-0.05, 0) is 30.7 Å². The van der Waals surface area contributed by atoms with Crippen LogP contribution in [0.1, 0.15) is 24.8 Å². The molecule has 0 heterocycles. The molecule has 0 radical (unpaired) electrons. The molecule has 1 saturated carbocycles. The zero-order chi connectivity index (χ0) is 14.4. The Balaban J connectivity index is 0.00000220. The van der Waals surface area contributed by atoms with Gasteiger partial charge in [0.05, 0.1) is 12.5 Å². The second-order valence-corrected chi connectivity index (χ2v) is 5.50. The Morgan fingerprint density at radius 3 is 2.57 bits per heavy atom. The van der Waals surface area contributed by atoms with E-state index in [4.69, 9.17) is 10.5 Å². The number of hydrogen-bond acceptors (Lipinski definition) is 3. The van der Waals surface area contributed by atoms with Crippen molar-refractivity contribution >= 4 is 18.3 Å². The molecule has 1 amide bonds. The minimum atomic E-state index is -0.188. The first-order valence-electron chi connectivity index (χ1n) is 7.29. The van der Waals surface area contributed by atoms with Gasteiger partial charge < -0.3 is 15.8 Å². The van der Waals surface area contributed by atoms with Crippen molar-refractivity contribution in [3.63, 3.8) is 0 Å². The highest BCUT2D eigenvalue weighted by Crippen LogP contribution is 2.34. The van der Waals surface area contributed by atoms with Gasteiger partial charge in [0.15, 0.2) is 0 Å². The normalized spacial score (nSPS) is 16.7. The van der Waals surface area contributed by atoms with Crippen LogP contribution in [0.3, 0.4) is 0 Å². The van der Waals surface area contributed by atoms with Crippen LogP contribution in [0.5, 0.6) is 0 Å². The maximum atomic E-state index is 12.1. The molecule has 1 aliphatic carbocycles. The van der Waals surface area contributed by atoms with E-state index in [0.29, 0.717) is 18.9 Å². The van der Waals surface area contributed by atoms with Crippen LogP contribution >= 0.6 is 12.4 Å². The summed E-state index contributed by atoms with van der Waals surface area (Å²) >= 11 is 0. The zero-order valence-corrected chi connectivity index (χ0v) is 13.3. The highest BCUT2D eigenvalue weighted by molar-refractivity contribution is 5.85. The monoisotopic (exact) mass is 312 g/mol. The first kappa shape index (κ1) is 18.0. The van der Waals surface area contributed by atoms with Crippen LogP contribution in [0.4, 0.5) is 0 Å². The van der Waals surface area contributed by atoms with E-state index in [1.165, 1.54) is 18.4 Å². The fourth-order valence-corrected chi connectivity index (χ4v) is 2.44. The highest BCUT2D eigenvalue weighted by atomic mass is 35.5. The summed E-state index contributed by atoms with van der Waals surface area (Å²) in [4.78, 5) is 12.1. The molecule has 1 fully saturated rings. The number of amides is 1. The van der Waals surface area contributed by atoms with Crippen LogP contribution in [0, 0.1) is 5.92 Å². The summed E-state index contributed by atoms with van der Waals surface area (Å²) in [6.07, 6.45) is 3.47. The van der Waals surface area contributed by atoms with Gasteiger partial charge in [-0.25, -0.2) is 0 Å². The van der Waals surface area contributed by atoms with Crippen LogP contribution in [-0.4, -0.2) is 31.7 Å². The molecule has 21 heavy (non-hydrogen) atoms. The molecule has 1 aromatic rings. The quantitative estimate of drug-likeness (QED) is 0.770. The number of benzene rings is 1. The molecular weight excluding hydrogens is 288 g/mol. The molecule has 2 unspecified atom stereocenters. The Morgan fingerprint density at radius 2 is 2.05 bits per heavy atom. The average molecular weight is 313 g/mol. The SMILES string of the molecule is COC(CN)CC(=O)NC(Cc1ccccc1)C1CC1.Cl. The number of nitrogens with two attached hydrogens (primary N) is 1. The Kier molecular flexibility index (Phi) is 7.72. The van der Waals surface area contributed by atoms with Gasteiger partial charge in [0.25, 0.3) is 0 Å². The fraction of sp³-hybridized carbons (Fsp3) is 0.562. The Hall–Kier alpha value is -1.10. The van der Waals surface area contributed by atoms with E-state index in [1.807, 2.05) is 18.2 Å². The number of ether oxygens (including phenoxy) is 1. The molecule has 0 bridgehead atoms. The van der Waals surface area contributed by atoms with E-state index >= 15 is 0 Å². The minimum Gasteiger partial charge on any atom is -0.380 e. The van der Waals surface area contributed by atoms with Crippen molar-refractivity contribution in [2.75, 3.05) is 13.7 Å². The van der Waals surface area contributed by atoms with Crippen LogP contribution in [0.15, 0.2) is 30.3 Å². The molecule has 0 aliphatic heterocycles. The van der Waals surface area contributed by atoms with Crippen molar-refractivity contribution < 1.29 is 9.53 Å². The molecule has 5 heteroatoms. The maximum Gasteiger partial charge on any atom is 0.222 e. The van der Waals surface area contributed by atoms with Gasteiger partial charge in [0, 0.05) is 19.7 Å². The fourth-order valence-electron chi connectivity index (χ4n) is 2.44. The van der Waals surface area contributed by atoms with Gasteiger partial charge in [-0.1, -0.05) is 30.3 Å². The smallest absolute Gasteiger partial charge is 0.222 e. The molecule has 0 saturated heterocycles. The molecule has 4 nitrogen and oxygen atoms in total. The average Bonchev–Trinajstić information content (AvgIpc) is 3.30. The van der Waals surface area contributed by atoms with E-state index in [0.717, 1.165) is 6.42 Å². The lowest BCUT2D eigenvalue weighted by molar-refractivity contribution is -0.124. The van der Waals surface area contributed by atoms with Crippen LogP contribution in [-0.2, 0) is 16.0 Å². The largest absolute Gasteiger partial charge is 0.380 e. The van der Waals surface area contributed by atoms with Crippen molar-refractivity contribution in [1.82, 2.24) is 5.32 Å². The second kappa shape index (κ2) is 9.03. The standard InChI is InChI=1S/C16H24N2O2.ClH/c1-20-14(11-17)10-16(19)18-15(13-7-8-13)9-12-5-3-2-4-6-12;/h2-6,13-15H,7-11,17H2,1H3,(H,18,19);1H. The number of halogens is 1. The summed E-state index contributed by atoms with van der Waals surface area (Å²) in [5, 5.41) is 3.15. The predicted molar refractivity (Wildman–Crippen MR) is 86.5 cm³/mol. The van der Waals surface area contributed by atoms with E-state index in [2.05, 4.69) is 17.4 Å². The lowest BCUT2D eigenvalue weighted by Crippen LogP contribution is -2.40. The Bertz CT molecular complexity index is 420.